The Morgan fingerprint density at radius 2 is 2.36 bits per heavy atom. The van der Waals surface area contributed by atoms with Crippen molar-refractivity contribution in [3.8, 4) is 0 Å². The third-order valence-electron chi connectivity index (χ3n) is 1.75. The van der Waals surface area contributed by atoms with Gasteiger partial charge in [-0.15, -0.1) is 0 Å². The van der Waals surface area contributed by atoms with Crippen LogP contribution in [-0.4, -0.2) is 25.5 Å². The van der Waals surface area contributed by atoms with Crippen LogP contribution < -0.4 is 5.32 Å². The first-order valence-electron chi connectivity index (χ1n) is 3.57. The van der Waals surface area contributed by atoms with Gasteiger partial charge in [0.15, 0.2) is 0 Å². The average molecular weight is 157 g/mol. The number of rotatable bonds is 3. The van der Waals surface area contributed by atoms with Crippen LogP contribution in [0.4, 0.5) is 4.79 Å². The molecule has 1 atom stereocenters. The van der Waals surface area contributed by atoms with Crippen molar-refractivity contribution in [1.82, 2.24) is 5.32 Å². The van der Waals surface area contributed by atoms with E-state index < -0.39 is 6.09 Å². The molecule has 4 heteroatoms. The van der Waals surface area contributed by atoms with Crippen LogP contribution >= 0.6 is 0 Å². The van der Waals surface area contributed by atoms with Crippen molar-refractivity contribution in [2.75, 3.05) is 7.11 Å². The molecule has 1 amide bonds. The Bertz CT molecular complexity index is 165. The van der Waals surface area contributed by atoms with E-state index in [-0.39, 0.29) is 6.04 Å². The molecule has 1 unspecified atom stereocenters. The predicted octanol–water partition coefficient (Wildman–Crippen LogP) is 0.320. The fourth-order valence-electron chi connectivity index (χ4n) is 0.913. The Kier molecular flexibility index (Phi) is 2.46. The number of alkyl carbamates (subject to hydrolysis) is 1. The lowest BCUT2D eigenvalue weighted by Gasteiger charge is -2.09. The van der Waals surface area contributed by atoms with Crippen LogP contribution in [-0.2, 0) is 9.53 Å². The summed E-state index contributed by atoms with van der Waals surface area (Å²) < 4.78 is 4.35. The maximum Gasteiger partial charge on any atom is 0.407 e. The van der Waals surface area contributed by atoms with Crippen LogP contribution in [0.2, 0.25) is 0 Å². The zero-order chi connectivity index (χ0) is 8.27. The van der Waals surface area contributed by atoms with E-state index in [1.54, 1.807) is 0 Å². The van der Waals surface area contributed by atoms with Gasteiger partial charge in [-0.05, 0) is 18.8 Å². The molecule has 0 saturated heterocycles. The summed E-state index contributed by atoms with van der Waals surface area (Å²) in [5.41, 5.74) is 0. The highest BCUT2D eigenvalue weighted by atomic mass is 16.5. The summed E-state index contributed by atoms with van der Waals surface area (Å²) in [5.74, 6) is 0.339. The molecule has 1 N–H and O–H groups in total. The van der Waals surface area contributed by atoms with Crippen molar-refractivity contribution in [3.63, 3.8) is 0 Å². The van der Waals surface area contributed by atoms with E-state index in [2.05, 4.69) is 10.1 Å². The van der Waals surface area contributed by atoms with Gasteiger partial charge in [0, 0.05) is 0 Å². The zero-order valence-electron chi connectivity index (χ0n) is 6.37. The number of hydrogen-bond acceptors (Lipinski definition) is 3. The lowest BCUT2D eigenvalue weighted by atomic mass is 10.2. The number of nitrogens with one attached hydrogen (secondary N) is 1. The van der Waals surface area contributed by atoms with Crippen LogP contribution in [0.15, 0.2) is 0 Å². The number of carbonyl (C=O) groups is 2. The average Bonchev–Trinajstić information content (AvgIpc) is 2.82. The number of aldehydes is 1. The van der Waals surface area contributed by atoms with Crippen molar-refractivity contribution in [1.29, 1.82) is 0 Å². The van der Waals surface area contributed by atoms with Gasteiger partial charge in [-0.1, -0.05) is 0 Å². The fraction of sp³-hybridized carbons (Fsp3) is 0.714. The second-order valence-electron chi connectivity index (χ2n) is 2.64. The van der Waals surface area contributed by atoms with Crippen molar-refractivity contribution in [2.24, 2.45) is 5.92 Å². The minimum absolute atomic E-state index is 0.339. The molecular formula is C7H11NO3. The van der Waals surface area contributed by atoms with Crippen LogP contribution in [0.1, 0.15) is 12.8 Å². The van der Waals surface area contributed by atoms with Gasteiger partial charge in [-0.2, -0.15) is 0 Å². The SMILES string of the molecule is COC(=O)NC(C=O)C1CC1. The van der Waals surface area contributed by atoms with Crippen molar-refractivity contribution in [2.45, 2.75) is 18.9 Å². The van der Waals surface area contributed by atoms with Gasteiger partial charge in [0.05, 0.1) is 13.2 Å². The molecule has 0 aromatic carbocycles. The second-order valence-corrected chi connectivity index (χ2v) is 2.64. The molecule has 1 aliphatic carbocycles. The highest BCUT2D eigenvalue weighted by molar-refractivity contribution is 5.73. The molecule has 0 radical (unpaired) electrons. The minimum atomic E-state index is -0.533. The number of methoxy groups -OCH3 is 1. The minimum Gasteiger partial charge on any atom is -0.453 e. The first-order chi connectivity index (χ1) is 5.27. The van der Waals surface area contributed by atoms with Gasteiger partial charge in [0.2, 0.25) is 0 Å². The molecule has 1 rings (SSSR count). The maximum absolute atomic E-state index is 10.6. The Balaban J connectivity index is 2.30. The standard InChI is InChI=1S/C7H11NO3/c1-11-7(10)8-6(4-9)5-2-3-5/h4-6H,2-3H2,1H3,(H,8,10). The molecule has 0 aromatic heterocycles. The van der Waals surface area contributed by atoms with Crippen molar-refractivity contribution >= 4 is 12.4 Å². The smallest absolute Gasteiger partial charge is 0.407 e. The lowest BCUT2D eigenvalue weighted by Crippen LogP contribution is -2.37. The summed E-state index contributed by atoms with van der Waals surface area (Å²) in [6.45, 7) is 0. The van der Waals surface area contributed by atoms with Crippen LogP contribution in [0, 0.1) is 5.92 Å². The number of carbonyl (C=O) groups excluding carboxylic acids is 2. The monoisotopic (exact) mass is 157 g/mol. The van der Waals surface area contributed by atoms with E-state index in [1.165, 1.54) is 7.11 Å². The zero-order valence-corrected chi connectivity index (χ0v) is 6.37. The number of hydrogen-bond donors (Lipinski definition) is 1. The highest BCUT2D eigenvalue weighted by Crippen LogP contribution is 2.31. The normalized spacial score (nSPS) is 18.6. The lowest BCUT2D eigenvalue weighted by molar-refractivity contribution is -0.109. The van der Waals surface area contributed by atoms with E-state index >= 15 is 0 Å². The van der Waals surface area contributed by atoms with E-state index in [4.69, 9.17) is 0 Å². The summed E-state index contributed by atoms with van der Waals surface area (Å²) in [7, 11) is 1.28. The number of amides is 1. The van der Waals surface area contributed by atoms with Gasteiger partial charge in [0.1, 0.15) is 6.29 Å². The second kappa shape index (κ2) is 3.37. The number of ether oxygens (including phenoxy) is 1. The molecule has 0 heterocycles. The van der Waals surface area contributed by atoms with Gasteiger partial charge in [-0.25, -0.2) is 4.79 Å². The van der Waals surface area contributed by atoms with Crippen molar-refractivity contribution in [3.05, 3.63) is 0 Å². The van der Waals surface area contributed by atoms with Gasteiger partial charge >= 0.3 is 6.09 Å². The van der Waals surface area contributed by atoms with Crippen LogP contribution in [0.3, 0.4) is 0 Å². The molecule has 4 nitrogen and oxygen atoms in total. The fourth-order valence-corrected chi connectivity index (χ4v) is 0.913. The van der Waals surface area contributed by atoms with E-state index in [0.717, 1.165) is 19.1 Å². The van der Waals surface area contributed by atoms with Crippen LogP contribution in [0.5, 0.6) is 0 Å². The summed E-state index contributed by atoms with van der Waals surface area (Å²) in [6.07, 6.45) is 2.27. The molecule has 0 aromatic rings. The topological polar surface area (TPSA) is 55.4 Å². The summed E-state index contributed by atoms with van der Waals surface area (Å²) in [6, 6.07) is -0.345. The summed E-state index contributed by atoms with van der Waals surface area (Å²) in [4.78, 5) is 21.0. The van der Waals surface area contributed by atoms with E-state index in [1.807, 2.05) is 0 Å². The quantitative estimate of drug-likeness (QED) is 0.600. The van der Waals surface area contributed by atoms with E-state index in [0.29, 0.717) is 5.92 Å². The first kappa shape index (κ1) is 8.04. The molecule has 1 aliphatic rings. The Morgan fingerprint density at radius 1 is 1.73 bits per heavy atom. The van der Waals surface area contributed by atoms with Gasteiger partial charge in [-0.3, -0.25) is 0 Å². The molecule has 11 heavy (non-hydrogen) atoms. The Morgan fingerprint density at radius 3 is 2.73 bits per heavy atom. The molecule has 62 valence electrons. The molecule has 0 bridgehead atoms. The largest absolute Gasteiger partial charge is 0.453 e. The van der Waals surface area contributed by atoms with Crippen LogP contribution in [0.25, 0.3) is 0 Å². The summed E-state index contributed by atoms with van der Waals surface area (Å²) in [5, 5.41) is 2.45. The highest BCUT2D eigenvalue weighted by Gasteiger charge is 2.32. The predicted molar refractivity (Wildman–Crippen MR) is 38.1 cm³/mol. The molecule has 1 fully saturated rings. The third kappa shape index (κ3) is 2.22. The Labute approximate surface area is 64.9 Å². The van der Waals surface area contributed by atoms with E-state index in [9.17, 15) is 9.59 Å². The molecule has 0 aliphatic heterocycles. The van der Waals surface area contributed by atoms with Crippen molar-refractivity contribution < 1.29 is 14.3 Å². The molecular weight excluding hydrogens is 146 g/mol. The van der Waals surface area contributed by atoms with Gasteiger partial charge in [0.25, 0.3) is 0 Å². The maximum atomic E-state index is 10.6. The summed E-state index contributed by atoms with van der Waals surface area (Å²) >= 11 is 0. The first-order valence-corrected chi connectivity index (χ1v) is 3.57. The molecule has 0 spiro atoms. The third-order valence-corrected chi connectivity index (χ3v) is 1.75. The molecule has 1 saturated carbocycles. The Hall–Kier alpha value is -1.06. The van der Waals surface area contributed by atoms with Gasteiger partial charge < -0.3 is 14.8 Å².